The first-order valence-corrected chi connectivity index (χ1v) is 8.50. The number of aliphatic hydroxyl groups is 1. The van der Waals surface area contributed by atoms with Gasteiger partial charge in [-0.15, -0.1) is 0 Å². The number of rotatable bonds is 4. The second-order valence-electron chi connectivity index (χ2n) is 6.19. The summed E-state index contributed by atoms with van der Waals surface area (Å²) in [5.74, 6) is -0.0931. The Labute approximate surface area is 128 Å². The van der Waals surface area contributed by atoms with Crippen LogP contribution in [0.1, 0.15) is 51.9 Å². The van der Waals surface area contributed by atoms with Crippen molar-refractivity contribution in [2.24, 2.45) is 5.92 Å². The van der Waals surface area contributed by atoms with E-state index in [2.05, 4.69) is 4.90 Å². The zero-order valence-electron chi connectivity index (χ0n) is 13.3. The van der Waals surface area contributed by atoms with E-state index in [9.17, 15) is 5.11 Å². The topological polar surface area (TPSA) is 51.2 Å². The molecule has 0 aromatic carbocycles. The maximum absolute atomic E-state index is 9.88. The smallest absolute Gasteiger partial charge is 0.161 e. The molecule has 1 atom stereocenters. The molecule has 1 aliphatic carbocycles. The number of aliphatic hydroxyl groups excluding tert-OH is 1. The summed E-state index contributed by atoms with van der Waals surface area (Å²) in [4.78, 5) is 2.31. The van der Waals surface area contributed by atoms with Gasteiger partial charge in [-0.3, -0.25) is 4.90 Å². The van der Waals surface area contributed by atoms with Gasteiger partial charge in [0.05, 0.1) is 19.1 Å². The highest BCUT2D eigenvalue weighted by Crippen LogP contribution is 2.22. The van der Waals surface area contributed by atoms with E-state index >= 15 is 0 Å². The van der Waals surface area contributed by atoms with E-state index in [4.69, 9.17) is 14.2 Å². The van der Waals surface area contributed by atoms with Crippen LogP contribution in [-0.4, -0.2) is 55.6 Å². The van der Waals surface area contributed by atoms with Crippen LogP contribution in [-0.2, 0) is 14.2 Å². The normalized spacial score (nSPS) is 26.6. The van der Waals surface area contributed by atoms with Gasteiger partial charge >= 0.3 is 0 Å². The highest BCUT2D eigenvalue weighted by atomic mass is 16.6. The quantitative estimate of drug-likeness (QED) is 0.808. The van der Waals surface area contributed by atoms with Gasteiger partial charge in [0.1, 0.15) is 13.5 Å². The van der Waals surface area contributed by atoms with Crippen molar-refractivity contribution in [2.45, 2.75) is 64.2 Å². The number of hydrogen-bond acceptors (Lipinski definition) is 5. The van der Waals surface area contributed by atoms with Crippen LogP contribution in [0.15, 0.2) is 0 Å². The zero-order chi connectivity index (χ0) is 14.9. The van der Waals surface area contributed by atoms with E-state index in [0.29, 0.717) is 39.3 Å². The molecule has 1 aliphatic heterocycles. The first-order chi connectivity index (χ1) is 10.3. The van der Waals surface area contributed by atoms with Crippen molar-refractivity contribution in [1.29, 1.82) is 0 Å². The fourth-order valence-corrected chi connectivity index (χ4v) is 3.21. The molecule has 21 heavy (non-hydrogen) atoms. The van der Waals surface area contributed by atoms with Crippen molar-refractivity contribution in [3.63, 3.8) is 0 Å². The van der Waals surface area contributed by atoms with E-state index in [0.717, 1.165) is 0 Å². The molecule has 1 unspecified atom stereocenters. The predicted molar refractivity (Wildman–Crippen MR) is 80.7 cm³/mol. The van der Waals surface area contributed by atoms with Crippen molar-refractivity contribution in [3.05, 3.63) is 0 Å². The van der Waals surface area contributed by atoms with E-state index in [-0.39, 0.29) is 5.92 Å². The van der Waals surface area contributed by atoms with Crippen molar-refractivity contribution in [2.75, 3.05) is 33.3 Å². The summed E-state index contributed by atoms with van der Waals surface area (Å²) in [6.07, 6.45) is 8.43. The lowest BCUT2D eigenvalue weighted by Crippen LogP contribution is -2.44. The van der Waals surface area contributed by atoms with Gasteiger partial charge in [0.25, 0.3) is 0 Å². The van der Waals surface area contributed by atoms with Gasteiger partial charge in [0, 0.05) is 12.6 Å². The molecule has 2 aliphatic rings. The largest absolute Gasteiger partial charge is 0.368 e. The lowest BCUT2D eigenvalue weighted by atomic mass is 9.96. The van der Waals surface area contributed by atoms with Gasteiger partial charge in [0.15, 0.2) is 6.29 Å². The SMILES string of the molecule is CCOC(O)C1COCN(C2CCCCCCC2)COC1. The number of hydrogen-bond donors (Lipinski definition) is 1. The molecule has 5 nitrogen and oxygen atoms in total. The molecule has 124 valence electrons. The predicted octanol–water partition coefficient (Wildman–Crippen LogP) is 2.33. The van der Waals surface area contributed by atoms with Gasteiger partial charge in [-0.25, -0.2) is 0 Å². The molecule has 0 aromatic heterocycles. The van der Waals surface area contributed by atoms with Crippen molar-refractivity contribution < 1.29 is 19.3 Å². The summed E-state index contributed by atoms with van der Waals surface area (Å²) in [7, 11) is 0. The highest BCUT2D eigenvalue weighted by molar-refractivity contribution is 4.72. The second-order valence-corrected chi connectivity index (χ2v) is 6.19. The van der Waals surface area contributed by atoms with Crippen LogP contribution in [0.25, 0.3) is 0 Å². The number of nitrogens with zero attached hydrogens (tertiary/aromatic N) is 1. The zero-order valence-corrected chi connectivity index (χ0v) is 13.3. The van der Waals surface area contributed by atoms with Crippen LogP contribution in [0, 0.1) is 5.92 Å². The molecule has 0 bridgehead atoms. The van der Waals surface area contributed by atoms with Crippen molar-refractivity contribution >= 4 is 0 Å². The summed E-state index contributed by atoms with van der Waals surface area (Å²) in [5.41, 5.74) is 0. The molecule has 0 radical (unpaired) electrons. The van der Waals surface area contributed by atoms with Crippen LogP contribution in [0.2, 0.25) is 0 Å². The lowest BCUT2D eigenvalue weighted by molar-refractivity contribution is -0.189. The average molecular weight is 301 g/mol. The van der Waals surface area contributed by atoms with Crippen LogP contribution < -0.4 is 0 Å². The molecule has 5 heteroatoms. The summed E-state index contributed by atoms with van der Waals surface area (Å²) in [6, 6.07) is 0.582. The standard InChI is InChI=1S/C16H31NO4/c1-2-21-16(18)14-10-19-12-17(13-20-11-14)15-8-6-4-3-5-7-9-15/h14-16,18H,2-13H2,1H3. The minimum Gasteiger partial charge on any atom is -0.368 e. The summed E-state index contributed by atoms with van der Waals surface area (Å²) in [6.45, 7) is 4.56. The average Bonchev–Trinajstić information content (AvgIpc) is 2.39. The Kier molecular flexibility index (Phi) is 7.96. The highest BCUT2D eigenvalue weighted by Gasteiger charge is 2.26. The minimum atomic E-state index is -0.789. The Morgan fingerprint density at radius 2 is 1.62 bits per heavy atom. The van der Waals surface area contributed by atoms with Gasteiger partial charge in [-0.05, 0) is 19.8 Å². The Balaban J connectivity index is 1.77. The Hall–Kier alpha value is -0.200. The molecule has 1 N–H and O–H groups in total. The fourth-order valence-electron chi connectivity index (χ4n) is 3.21. The summed E-state index contributed by atoms with van der Waals surface area (Å²) < 4.78 is 16.8. The monoisotopic (exact) mass is 301 g/mol. The fraction of sp³-hybridized carbons (Fsp3) is 1.00. The molecule has 1 saturated heterocycles. The Morgan fingerprint density at radius 3 is 2.19 bits per heavy atom. The molecule has 0 amide bonds. The van der Waals surface area contributed by atoms with Gasteiger partial charge < -0.3 is 19.3 Å². The molecule has 2 rings (SSSR count). The van der Waals surface area contributed by atoms with Crippen LogP contribution in [0.5, 0.6) is 0 Å². The minimum absolute atomic E-state index is 0.0931. The molecule has 2 fully saturated rings. The van der Waals surface area contributed by atoms with Crippen LogP contribution in [0.3, 0.4) is 0 Å². The maximum atomic E-state index is 9.88. The molecular weight excluding hydrogens is 270 g/mol. The van der Waals surface area contributed by atoms with Crippen LogP contribution in [0.4, 0.5) is 0 Å². The second kappa shape index (κ2) is 9.74. The maximum Gasteiger partial charge on any atom is 0.161 e. The van der Waals surface area contributed by atoms with Gasteiger partial charge in [-0.1, -0.05) is 32.1 Å². The molecular formula is C16H31NO4. The molecule has 0 aromatic rings. The van der Waals surface area contributed by atoms with Crippen LogP contribution >= 0.6 is 0 Å². The Bertz CT molecular complexity index is 259. The summed E-state index contributed by atoms with van der Waals surface area (Å²) >= 11 is 0. The van der Waals surface area contributed by atoms with Crippen molar-refractivity contribution in [3.8, 4) is 0 Å². The first-order valence-electron chi connectivity index (χ1n) is 8.50. The molecule has 1 heterocycles. The summed E-state index contributed by atoms with van der Waals surface area (Å²) in [5, 5.41) is 9.88. The van der Waals surface area contributed by atoms with Crippen molar-refractivity contribution in [1.82, 2.24) is 4.90 Å². The third-order valence-electron chi connectivity index (χ3n) is 4.51. The first kappa shape index (κ1) is 17.2. The third-order valence-corrected chi connectivity index (χ3v) is 4.51. The van der Waals surface area contributed by atoms with E-state index < -0.39 is 6.29 Å². The number of ether oxygens (including phenoxy) is 3. The third kappa shape index (κ3) is 5.83. The van der Waals surface area contributed by atoms with Gasteiger partial charge in [0.2, 0.25) is 0 Å². The van der Waals surface area contributed by atoms with E-state index in [1.54, 1.807) is 0 Å². The molecule has 1 saturated carbocycles. The Morgan fingerprint density at radius 1 is 1.05 bits per heavy atom. The lowest BCUT2D eigenvalue weighted by Gasteiger charge is -2.35. The molecule has 0 spiro atoms. The van der Waals surface area contributed by atoms with Gasteiger partial charge in [-0.2, -0.15) is 0 Å². The van der Waals surface area contributed by atoms with E-state index in [1.807, 2.05) is 6.92 Å². The van der Waals surface area contributed by atoms with E-state index in [1.165, 1.54) is 44.9 Å².